The van der Waals surface area contributed by atoms with E-state index < -0.39 is 0 Å². The summed E-state index contributed by atoms with van der Waals surface area (Å²) in [5, 5.41) is 9.01. The third-order valence-electron chi connectivity index (χ3n) is 6.84. The summed E-state index contributed by atoms with van der Waals surface area (Å²) in [5.41, 5.74) is 5.94. The van der Waals surface area contributed by atoms with Gasteiger partial charge in [-0.25, -0.2) is 4.68 Å². The second-order valence-corrected chi connectivity index (χ2v) is 11.4. The predicted molar refractivity (Wildman–Crippen MR) is 157 cm³/mol. The van der Waals surface area contributed by atoms with Crippen molar-refractivity contribution in [1.29, 1.82) is 0 Å². The fourth-order valence-corrected chi connectivity index (χ4v) is 5.96. The molecule has 0 N–H and O–H groups in total. The monoisotopic (exact) mass is 533 g/mol. The lowest BCUT2D eigenvalue weighted by Gasteiger charge is -2.29. The molecular weight excluding hydrogens is 494 g/mol. The summed E-state index contributed by atoms with van der Waals surface area (Å²) in [6.45, 7) is 12.7. The molecule has 1 aliphatic heterocycles. The highest BCUT2D eigenvalue weighted by atomic mass is 32.1. The zero-order valence-electron chi connectivity index (χ0n) is 23.6. The second kappa shape index (κ2) is 11.7. The van der Waals surface area contributed by atoms with Crippen LogP contribution in [0.25, 0.3) is 22.5 Å². The number of ketones is 1. The minimum Gasteiger partial charge on any atom is -0.496 e. The molecule has 6 nitrogen and oxygen atoms in total. The molecular formula is C31H39N3O3S. The molecule has 0 saturated heterocycles. The molecule has 3 heterocycles. The van der Waals surface area contributed by atoms with Gasteiger partial charge in [0.2, 0.25) is 0 Å². The van der Waals surface area contributed by atoms with Gasteiger partial charge in [-0.1, -0.05) is 39.0 Å². The lowest BCUT2D eigenvalue weighted by atomic mass is 9.85. The van der Waals surface area contributed by atoms with Gasteiger partial charge in [0.25, 0.3) is 0 Å². The number of hydrogen-bond acceptors (Lipinski definition) is 6. The van der Waals surface area contributed by atoms with Crippen LogP contribution in [0.5, 0.6) is 11.5 Å². The lowest BCUT2D eigenvalue weighted by Crippen LogP contribution is -2.33. The fraction of sp³-hybridized carbons (Fsp3) is 0.419. The molecule has 7 heteroatoms. The van der Waals surface area contributed by atoms with Crippen LogP contribution < -0.4 is 9.47 Å². The van der Waals surface area contributed by atoms with E-state index in [2.05, 4.69) is 56.3 Å². The van der Waals surface area contributed by atoms with E-state index in [1.54, 1.807) is 18.4 Å². The first-order chi connectivity index (χ1) is 18.2. The summed E-state index contributed by atoms with van der Waals surface area (Å²) < 4.78 is 13.9. The maximum absolute atomic E-state index is 13.8. The molecule has 0 bridgehead atoms. The van der Waals surface area contributed by atoms with Crippen molar-refractivity contribution in [3.05, 3.63) is 64.0 Å². The average Bonchev–Trinajstić information content (AvgIpc) is 3.54. The maximum Gasteiger partial charge on any atom is 0.184 e. The first-order valence-electron chi connectivity index (χ1n) is 13.2. The van der Waals surface area contributed by atoms with Crippen LogP contribution in [0.2, 0.25) is 0 Å². The maximum atomic E-state index is 13.8. The van der Waals surface area contributed by atoms with Crippen molar-refractivity contribution >= 4 is 22.7 Å². The molecule has 1 aliphatic rings. The number of aromatic nitrogens is 2. The number of ether oxygens (including phenoxy) is 2. The first kappa shape index (κ1) is 27.9. The van der Waals surface area contributed by atoms with Crippen LogP contribution in [0.1, 0.15) is 69.1 Å². The number of nitrogens with zero attached hydrogens (tertiary/aromatic N) is 3. The smallest absolute Gasteiger partial charge is 0.184 e. The lowest BCUT2D eigenvalue weighted by molar-refractivity contribution is 0.0895. The number of thiophene rings is 1. The van der Waals surface area contributed by atoms with Crippen molar-refractivity contribution in [3.63, 3.8) is 0 Å². The summed E-state index contributed by atoms with van der Waals surface area (Å²) in [6, 6.07) is 6.08. The molecule has 0 unspecified atom stereocenters. The molecule has 0 fully saturated rings. The molecule has 4 rings (SSSR count). The van der Waals surface area contributed by atoms with Gasteiger partial charge in [-0.3, -0.25) is 4.79 Å². The van der Waals surface area contributed by atoms with E-state index in [1.165, 1.54) is 0 Å². The van der Waals surface area contributed by atoms with Crippen molar-refractivity contribution in [2.75, 3.05) is 27.2 Å². The summed E-state index contributed by atoms with van der Waals surface area (Å²) >= 11 is 1.61. The Balaban J connectivity index is 1.84. The predicted octanol–water partition coefficient (Wildman–Crippen LogP) is 7.42. The quantitative estimate of drug-likeness (QED) is 0.190. The van der Waals surface area contributed by atoms with E-state index in [4.69, 9.17) is 14.6 Å². The number of carbonyl (C=O) groups is 1. The van der Waals surface area contributed by atoms with Gasteiger partial charge in [0.1, 0.15) is 23.8 Å². The normalized spacial score (nSPS) is 13.5. The Bertz CT molecular complexity index is 1350. The standard InChI is InChI=1S/C31H39N3O3S/c1-8-11-21(10-3)23-15-24-28(16-27(23)36-7)37-18-25-29(32-34(30(24)25)22-12-14-38-19-22)26(35)17-31(4,5)20-33(6)13-9-2/h8,10-12,14-16,19H,9,13,17-18,20H2,1-7H3/b11-8-,21-10+. The van der Waals surface area contributed by atoms with Crippen LogP contribution in [0.15, 0.2) is 47.2 Å². The summed E-state index contributed by atoms with van der Waals surface area (Å²) in [6.07, 6.45) is 7.65. The van der Waals surface area contributed by atoms with Crippen LogP contribution in [0.3, 0.4) is 0 Å². The molecule has 0 atom stereocenters. The Labute approximate surface area is 230 Å². The zero-order valence-corrected chi connectivity index (χ0v) is 24.4. The SMILES string of the molecule is C/C=C\C(=C/C)c1cc2c(cc1OC)OCc1c(C(=O)CC(C)(C)CN(C)CCC)nn(-c3ccsc3)c1-2. The molecule has 0 aliphatic carbocycles. The number of allylic oxidation sites excluding steroid dienone is 4. The summed E-state index contributed by atoms with van der Waals surface area (Å²) in [4.78, 5) is 16.1. The van der Waals surface area contributed by atoms with Gasteiger partial charge in [0.15, 0.2) is 5.78 Å². The molecule has 0 amide bonds. The topological polar surface area (TPSA) is 56.6 Å². The Hall–Kier alpha value is -3.16. The molecule has 0 radical (unpaired) electrons. The van der Waals surface area contributed by atoms with Crippen LogP contribution in [-0.4, -0.2) is 47.7 Å². The van der Waals surface area contributed by atoms with Crippen LogP contribution in [0.4, 0.5) is 0 Å². The molecule has 202 valence electrons. The van der Waals surface area contributed by atoms with Gasteiger partial charge in [0, 0.05) is 41.1 Å². The number of rotatable bonds is 11. The Morgan fingerprint density at radius 2 is 2.11 bits per heavy atom. The van der Waals surface area contributed by atoms with E-state index in [1.807, 2.05) is 42.1 Å². The van der Waals surface area contributed by atoms with Crippen LogP contribution in [0, 0.1) is 5.41 Å². The third-order valence-corrected chi connectivity index (χ3v) is 7.51. The highest BCUT2D eigenvalue weighted by Crippen LogP contribution is 2.45. The highest BCUT2D eigenvalue weighted by Gasteiger charge is 2.33. The number of carbonyl (C=O) groups excluding carboxylic acids is 1. The minimum absolute atomic E-state index is 0.0500. The van der Waals surface area contributed by atoms with Crippen LogP contribution >= 0.6 is 11.3 Å². The van der Waals surface area contributed by atoms with Crippen molar-refractivity contribution < 1.29 is 14.3 Å². The van der Waals surface area contributed by atoms with E-state index in [9.17, 15) is 4.79 Å². The van der Waals surface area contributed by atoms with E-state index in [0.29, 0.717) is 12.1 Å². The van der Waals surface area contributed by atoms with Crippen molar-refractivity contribution in [3.8, 4) is 28.4 Å². The fourth-order valence-electron chi connectivity index (χ4n) is 5.35. The number of Topliss-reactive ketones (excluding diaryl/α,β-unsaturated/α-hetero) is 1. The summed E-state index contributed by atoms with van der Waals surface area (Å²) in [7, 11) is 3.79. The second-order valence-electron chi connectivity index (χ2n) is 10.7. The molecule has 3 aromatic rings. The van der Waals surface area contributed by atoms with Gasteiger partial charge in [-0.2, -0.15) is 16.4 Å². The largest absolute Gasteiger partial charge is 0.496 e. The molecule has 0 spiro atoms. The molecule has 1 aromatic carbocycles. The third kappa shape index (κ3) is 5.64. The molecule has 38 heavy (non-hydrogen) atoms. The average molecular weight is 534 g/mol. The van der Waals surface area contributed by atoms with Gasteiger partial charge in [0.05, 0.1) is 18.5 Å². The first-order valence-corrected chi connectivity index (χ1v) is 14.2. The minimum atomic E-state index is -0.179. The Kier molecular flexibility index (Phi) is 8.58. The van der Waals surface area contributed by atoms with Crippen molar-refractivity contribution in [2.45, 2.75) is 54.1 Å². The zero-order chi connectivity index (χ0) is 27.4. The number of hydrogen-bond donors (Lipinski definition) is 0. The van der Waals surface area contributed by atoms with E-state index in [-0.39, 0.29) is 17.8 Å². The molecule has 2 aromatic heterocycles. The van der Waals surface area contributed by atoms with Gasteiger partial charge >= 0.3 is 0 Å². The van der Waals surface area contributed by atoms with Gasteiger partial charge in [-0.05, 0) is 62.4 Å². The highest BCUT2D eigenvalue weighted by molar-refractivity contribution is 7.08. The Morgan fingerprint density at radius 1 is 1.32 bits per heavy atom. The van der Waals surface area contributed by atoms with Crippen molar-refractivity contribution in [1.82, 2.24) is 14.7 Å². The van der Waals surface area contributed by atoms with Gasteiger partial charge < -0.3 is 14.4 Å². The number of benzene rings is 1. The van der Waals surface area contributed by atoms with E-state index in [0.717, 1.165) is 64.7 Å². The number of methoxy groups -OCH3 is 1. The number of fused-ring (bicyclic) bond motifs is 3. The van der Waals surface area contributed by atoms with E-state index >= 15 is 0 Å². The van der Waals surface area contributed by atoms with Crippen molar-refractivity contribution in [2.24, 2.45) is 5.41 Å². The Morgan fingerprint density at radius 3 is 2.74 bits per heavy atom. The van der Waals surface area contributed by atoms with Crippen LogP contribution in [-0.2, 0) is 6.61 Å². The van der Waals surface area contributed by atoms with Gasteiger partial charge in [-0.15, -0.1) is 0 Å². The molecule has 0 saturated carbocycles. The summed E-state index contributed by atoms with van der Waals surface area (Å²) in [5.74, 6) is 1.52.